The lowest BCUT2D eigenvalue weighted by molar-refractivity contribution is 0.101. The minimum atomic E-state index is -0.435. The van der Waals surface area contributed by atoms with Crippen LogP contribution in [0.25, 0.3) is 0 Å². The number of hydrogen-bond acceptors (Lipinski definition) is 3. The third-order valence-electron chi connectivity index (χ3n) is 4.28. The van der Waals surface area contributed by atoms with Crippen LogP contribution in [0, 0.1) is 18.8 Å². The molecule has 3 nitrogen and oxygen atoms in total. The SMILES string of the molecule is Cc1cccc(OCC(O)CNC(C2CC2)C2CC2)c1. The Morgan fingerprint density at radius 2 is 1.95 bits per heavy atom. The zero-order chi connectivity index (χ0) is 13.9. The van der Waals surface area contributed by atoms with Gasteiger partial charge in [-0.2, -0.15) is 0 Å². The van der Waals surface area contributed by atoms with Crippen molar-refractivity contribution in [1.29, 1.82) is 0 Å². The van der Waals surface area contributed by atoms with Crippen molar-refractivity contribution in [1.82, 2.24) is 5.32 Å². The van der Waals surface area contributed by atoms with Gasteiger partial charge in [-0.25, -0.2) is 0 Å². The molecule has 110 valence electrons. The Morgan fingerprint density at radius 1 is 1.25 bits per heavy atom. The third kappa shape index (κ3) is 3.97. The molecule has 0 saturated heterocycles. The number of nitrogens with one attached hydrogen (secondary N) is 1. The Hall–Kier alpha value is -1.06. The molecule has 0 amide bonds. The first-order chi connectivity index (χ1) is 9.72. The Labute approximate surface area is 121 Å². The molecule has 1 aromatic carbocycles. The number of aryl methyl sites for hydroxylation is 1. The van der Waals surface area contributed by atoms with Crippen LogP contribution in [-0.4, -0.2) is 30.4 Å². The smallest absolute Gasteiger partial charge is 0.119 e. The van der Waals surface area contributed by atoms with E-state index in [2.05, 4.69) is 5.32 Å². The van der Waals surface area contributed by atoms with Gasteiger partial charge in [0.1, 0.15) is 18.5 Å². The maximum atomic E-state index is 10.0. The van der Waals surface area contributed by atoms with Gasteiger partial charge >= 0.3 is 0 Å². The van der Waals surface area contributed by atoms with Gasteiger partial charge in [-0.05, 0) is 62.1 Å². The second-order valence-electron chi connectivity index (χ2n) is 6.39. The van der Waals surface area contributed by atoms with Crippen molar-refractivity contribution in [2.75, 3.05) is 13.2 Å². The predicted molar refractivity (Wildman–Crippen MR) is 79.9 cm³/mol. The van der Waals surface area contributed by atoms with Crippen LogP contribution in [0.3, 0.4) is 0 Å². The fourth-order valence-electron chi connectivity index (χ4n) is 2.86. The standard InChI is InChI=1S/C17H25NO2/c1-12-3-2-4-16(9-12)20-11-15(19)10-18-17(13-5-6-13)14-7-8-14/h2-4,9,13-15,17-19H,5-8,10-11H2,1H3. The molecule has 3 heteroatoms. The van der Waals surface area contributed by atoms with Crippen LogP contribution in [0.4, 0.5) is 0 Å². The molecule has 0 bridgehead atoms. The van der Waals surface area contributed by atoms with Crippen molar-refractivity contribution >= 4 is 0 Å². The summed E-state index contributed by atoms with van der Waals surface area (Å²) in [6, 6.07) is 8.59. The molecule has 2 N–H and O–H groups in total. The van der Waals surface area contributed by atoms with Crippen LogP contribution in [0.5, 0.6) is 5.75 Å². The van der Waals surface area contributed by atoms with Gasteiger partial charge in [0.25, 0.3) is 0 Å². The molecular weight excluding hydrogens is 250 g/mol. The average molecular weight is 275 g/mol. The molecule has 1 unspecified atom stereocenters. The van der Waals surface area contributed by atoms with Crippen molar-refractivity contribution in [2.24, 2.45) is 11.8 Å². The second-order valence-corrected chi connectivity index (χ2v) is 6.39. The van der Waals surface area contributed by atoms with Gasteiger partial charge in [-0.15, -0.1) is 0 Å². The van der Waals surface area contributed by atoms with Crippen LogP contribution in [0.15, 0.2) is 24.3 Å². The summed E-state index contributed by atoms with van der Waals surface area (Å²) in [5.74, 6) is 2.57. The summed E-state index contributed by atoms with van der Waals surface area (Å²) in [5, 5.41) is 13.6. The normalized spacial score (nSPS) is 20.1. The highest BCUT2D eigenvalue weighted by atomic mass is 16.5. The molecule has 2 saturated carbocycles. The number of rotatable bonds is 8. The first-order valence-corrected chi connectivity index (χ1v) is 7.83. The van der Waals surface area contributed by atoms with Crippen LogP contribution in [-0.2, 0) is 0 Å². The molecule has 2 aliphatic rings. The summed E-state index contributed by atoms with van der Waals surface area (Å²) >= 11 is 0. The first-order valence-electron chi connectivity index (χ1n) is 7.83. The van der Waals surface area contributed by atoms with E-state index in [1.54, 1.807) is 0 Å². The highest BCUT2D eigenvalue weighted by Gasteiger charge is 2.41. The maximum absolute atomic E-state index is 10.0. The molecule has 20 heavy (non-hydrogen) atoms. The number of aliphatic hydroxyl groups is 1. The van der Waals surface area contributed by atoms with Gasteiger partial charge in [0.2, 0.25) is 0 Å². The van der Waals surface area contributed by atoms with Gasteiger partial charge in [0, 0.05) is 12.6 Å². The second kappa shape index (κ2) is 6.15. The van der Waals surface area contributed by atoms with Crippen molar-refractivity contribution in [3.05, 3.63) is 29.8 Å². The molecule has 1 atom stereocenters. The van der Waals surface area contributed by atoms with Gasteiger partial charge in [-0.1, -0.05) is 12.1 Å². The Bertz CT molecular complexity index is 428. The maximum Gasteiger partial charge on any atom is 0.119 e. The van der Waals surface area contributed by atoms with Gasteiger partial charge < -0.3 is 15.2 Å². The van der Waals surface area contributed by atoms with Crippen LogP contribution in [0.2, 0.25) is 0 Å². The zero-order valence-corrected chi connectivity index (χ0v) is 12.2. The van der Waals surface area contributed by atoms with E-state index in [-0.39, 0.29) is 0 Å². The fourth-order valence-corrected chi connectivity index (χ4v) is 2.86. The van der Waals surface area contributed by atoms with E-state index in [1.165, 1.54) is 31.2 Å². The monoisotopic (exact) mass is 275 g/mol. The van der Waals surface area contributed by atoms with E-state index >= 15 is 0 Å². The number of ether oxygens (including phenoxy) is 1. The molecule has 0 spiro atoms. The van der Waals surface area contributed by atoms with E-state index in [0.29, 0.717) is 19.2 Å². The summed E-state index contributed by atoms with van der Waals surface area (Å²) in [6.07, 6.45) is 5.03. The Morgan fingerprint density at radius 3 is 2.55 bits per heavy atom. The lowest BCUT2D eigenvalue weighted by Crippen LogP contribution is -2.40. The highest BCUT2D eigenvalue weighted by Crippen LogP contribution is 2.44. The number of aliphatic hydroxyl groups excluding tert-OH is 1. The van der Waals surface area contributed by atoms with E-state index in [4.69, 9.17) is 4.74 Å². The van der Waals surface area contributed by atoms with Crippen LogP contribution in [0.1, 0.15) is 31.2 Å². The molecule has 1 aromatic rings. The fraction of sp³-hybridized carbons (Fsp3) is 0.647. The minimum Gasteiger partial charge on any atom is -0.491 e. The van der Waals surface area contributed by atoms with Gasteiger partial charge in [0.05, 0.1) is 0 Å². The topological polar surface area (TPSA) is 41.5 Å². The summed E-state index contributed by atoms with van der Waals surface area (Å²) in [4.78, 5) is 0. The molecular formula is C17H25NO2. The molecule has 0 heterocycles. The van der Waals surface area contributed by atoms with E-state index < -0.39 is 6.10 Å². The third-order valence-corrected chi connectivity index (χ3v) is 4.28. The number of hydrogen-bond donors (Lipinski definition) is 2. The quantitative estimate of drug-likeness (QED) is 0.766. The Kier molecular flexibility index (Phi) is 4.27. The van der Waals surface area contributed by atoms with Crippen LogP contribution < -0.4 is 10.1 Å². The van der Waals surface area contributed by atoms with Gasteiger partial charge in [-0.3, -0.25) is 0 Å². The molecule has 2 aliphatic carbocycles. The Balaban J connectivity index is 1.39. The van der Waals surface area contributed by atoms with Crippen LogP contribution >= 0.6 is 0 Å². The number of benzene rings is 1. The van der Waals surface area contributed by atoms with Crippen molar-refractivity contribution in [3.63, 3.8) is 0 Å². The molecule has 3 rings (SSSR count). The van der Waals surface area contributed by atoms with E-state index in [1.807, 2.05) is 31.2 Å². The van der Waals surface area contributed by atoms with E-state index in [9.17, 15) is 5.11 Å². The summed E-state index contributed by atoms with van der Waals surface area (Å²) in [5.41, 5.74) is 1.18. The minimum absolute atomic E-state index is 0.360. The average Bonchev–Trinajstić information content (AvgIpc) is 3.29. The molecule has 2 fully saturated rings. The molecule has 0 aromatic heterocycles. The van der Waals surface area contributed by atoms with Crippen molar-refractivity contribution in [3.8, 4) is 5.75 Å². The summed E-state index contributed by atoms with van der Waals surface area (Å²) in [7, 11) is 0. The molecule has 0 radical (unpaired) electrons. The lowest BCUT2D eigenvalue weighted by Gasteiger charge is -2.20. The van der Waals surface area contributed by atoms with Crippen molar-refractivity contribution in [2.45, 2.75) is 44.8 Å². The molecule has 0 aliphatic heterocycles. The summed E-state index contributed by atoms with van der Waals surface area (Å²) in [6.45, 7) is 3.04. The first kappa shape index (κ1) is 13.9. The zero-order valence-electron chi connectivity index (χ0n) is 12.2. The lowest BCUT2D eigenvalue weighted by atomic mass is 10.1. The van der Waals surface area contributed by atoms with E-state index in [0.717, 1.165) is 17.6 Å². The predicted octanol–water partition coefficient (Wildman–Crippen LogP) is 2.51. The van der Waals surface area contributed by atoms with Gasteiger partial charge in [0.15, 0.2) is 0 Å². The highest BCUT2D eigenvalue weighted by molar-refractivity contribution is 5.27. The summed E-state index contributed by atoms with van der Waals surface area (Å²) < 4.78 is 5.64. The largest absolute Gasteiger partial charge is 0.491 e. The van der Waals surface area contributed by atoms with Crippen molar-refractivity contribution < 1.29 is 9.84 Å².